The van der Waals surface area contributed by atoms with E-state index in [9.17, 15) is 18.0 Å². The van der Waals surface area contributed by atoms with Crippen molar-refractivity contribution >= 4 is 11.6 Å². The first-order chi connectivity index (χ1) is 8.78. The molecule has 1 aromatic carbocycles. The van der Waals surface area contributed by atoms with E-state index in [2.05, 4.69) is 10.1 Å². The average Bonchev–Trinajstić information content (AvgIpc) is 2.27. The fraction of sp³-hybridized carbons (Fsp3) is 0.462. The van der Waals surface area contributed by atoms with Gasteiger partial charge in [0, 0.05) is 5.69 Å². The third-order valence-electron chi connectivity index (χ3n) is 2.40. The van der Waals surface area contributed by atoms with E-state index in [1.165, 1.54) is 0 Å². The zero-order valence-electron chi connectivity index (χ0n) is 10.8. The number of hydrogen-bond donors (Lipinski definition) is 1. The Morgan fingerprint density at radius 3 is 2.58 bits per heavy atom. The van der Waals surface area contributed by atoms with Gasteiger partial charge in [-0.3, -0.25) is 4.79 Å². The number of benzene rings is 1. The summed E-state index contributed by atoms with van der Waals surface area (Å²) in [5.74, 6) is -0.367. The number of anilines is 1. The van der Waals surface area contributed by atoms with E-state index in [0.717, 1.165) is 11.1 Å². The summed E-state index contributed by atoms with van der Waals surface area (Å²) in [4.78, 5) is 11.5. The van der Waals surface area contributed by atoms with Gasteiger partial charge in [-0.25, -0.2) is 0 Å². The van der Waals surface area contributed by atoms with Gasteiger partial charge in [-0.1, -0.05) is 17.7 Å². The minimum atomic E-state index is -4.36. The molecule has 0 atom stereocenters. The fourth-order valence-electron chi connectivity index (χ4n) is 1.52. The predicted molar refractivity (Wildman–Crippen MR) is 66.0 cm³/mol. The maximum atomic E-state index is 11.8. The third-order valence-corrected chi connectivity index (χ3v) is 2.40. The SMILES string of the molecule is Cc1ccc(NC(=O)CCOCC(F)(F)F)c(C)c1. The molecule has 0 heterocycles. The lowest BCUT2D eigenvalue weighted by molar-refractivity contribution is -0.174. The normalized spacial score (nSPS) is 11.4. The molecule has 0 aliphatic rings. The lowest BCUT2D eigenvalue weighted by atomic mass is 10.1. The van der Waals surface area contributed by atoms with Crippen LogP contribution in [0.5, 0.6) is 0 Å². The van der Waals surface area contributed by atoms with Crippen LogP contribution >= 0.6 is 0 Å². The van der Waals surface area contributed by atoms with E-state index < -0.39 is 12.8 Å². The Bertz CT molecular complexity index is 444. The lowest BCUT2D eigenvalue weighted by Gasteiger charge is -2.10. The number of ether oxygens (including phenoxy) is 1. The monoisotopic (exact) mass is 275 g/mol. The van der Waals surface area contributed by atoms with Crippen LogP contribution in [0.2, 0.25) is 0 Å². The highest BCUT2D eigenvalue weighted by Crippen LogP contribution is 2.16. The van der Waals surface area contributed by atoms with Crippen LogP contribution in [0.4, 0.5) is 18.9 Å². The summed E-state index contributed by atoms with van der Waals surface area (Å²) in [7, 11) is 0. The van der Waals surface area contributed by atoms with Crippen molar-refractivity contribution in [2.24, 2.45) is 0 Å². The predicted octanol–water partition coefficient (Wildman–Crippen LogP) is 3.21. The third kappa shape index (κ3) is 6.24. The summed E-state index contributed by atoms with van der Waals surface area (Å²) >= 11 is 0. The molecular weight excluding hydrogens is 259 g/mol. The van der Waals surface area contributed by atoms with Gasteiger partial charge in [-0.15, -0.1) is 0 Å². The molecule has 1 amide bonds. The maximum Gasteiger partial charge on any atom is 0.411 e. The number of nitrogens with one attached hydrogen (secondary N) is 1. The van der Waals surface area contributed by atoms with Crippen LogP contribution in [-0.4, -0.2) is 25.3 Å². The first-order valence-electron chi connectivity index (χ1n) is 5.79. The summed E-state index contributed by atoms with van der Waals surface area (Å²) in [6.45, 7) is 2.20. The summed E-state index contributed by atoms with van der Waals surface area (Å²) in [5, 5.41) is 2.63. The zero-order valence-corrected chi connectivity index (χ0v) is 10.8. The molecule has 0 aromatic heterocycles. The minimum Gasteiger partial charge on any atom is -0.372 e. The topological polar surface area (TPSA) is 38.3 Å². The summed E-state index contributed by atoms with van der Waals surface area (Å²) < 4.78 is 39.7. The van der Waals surface area contributed by atoms with Gasteiger partial charge in [0.2, 0.25) is 5.91 Å². The Labute approximate surface area is 109 Å². The van der Waals surface area contributed by atoms with E-state index >= 15 is 0 Å². The summed E-state index contributed by atoms with van der Waals surface area (Å²) in [6.07, 6.45) is -4.46. The number of halogens is 3. The Balaban J connectivity index is 2.35. The highest BCUT2D eigenvalue weighted by atomic mass is 19.4. The molecule has 1 aromatic rings. The molecule has 19 heavy (non-hydrogen) atoms. The van der Waals surface area contributed by atoms with Gasteiger partial charge < -0.3 is 10.1 Å². The van der Waals surface area contributed by atoms with E-state index in [1.54, 1.807) is 6.07 Å². The van der Waals surface area contributed by atoms with Crippen LogP contribution < -0.4 is 5.32 Å². The number of rotatable bonds is 5. The number of hydrogen-bond acceptors (Lipinski definition) is 2. The second-order valence-electron chi connectivity index (χ2n) is 4.28. The molecule has 0 aliphatic carbocycles. The molecule has 0 spiro atoms. The quantitative estimate of drug-likeness (QED) is 0.838. The van der Waals surface area contributed by atoms with Crippen LogP contribution in [0.15, 0.2) is 18.2 Å². The molecule has 0 fully saturated rings. The Kier molecular flexibility index (Phi) is 5.35. The molecule has 0 bridgehead atoms. The fourth-order valence-corrected chi connectivity index (χ4v) is 1.52. The van der Waals surface area contributed by atoms with Crippen molar-refractivity contribution in [3.8, 4) is 0 Å². The van der Waals surface area contributed by atoms with Gasteiger partial charge >= 0.3 is 6.18 Å². The molecule has 0 aliphatic heterocycles. The Morgan fingerprint density at radius 2 is 2.00 bits per heavy atom. The minimum absolute atomic E-state index is 0.108. The zero-order chi connectivity index (χ0) is 14.5. The van der Waals surface area contributed by atoms with Gasteiger partial charge in [-0.2, -0.15) is 13.2 Å². The molecular formula is C13H16F3NO2. The number of aryl methyl sites for hydroxylation is 2. The van der Waals surface area contributed by atoms with Crippen molar-refractivity contribution in [3.05, 3.63) is 29.3 Å². The molecule has 1 N–H and O–H groups in total. The van der Waals surface area contributed by atoms with Gasteiger partial charge in [0.15, 0.2) is 0 Å². The molecule has 3 nitrogen and oxygen atoms in total. The second-order valence-corrected chi connectivity index (χ2v) is 4.28. The first kappa shape index (κ1) is 15.5. The maximum absolute atomic E-state index is 11.8. The van der Waals surface area contributed by atoms with Crippen LogP contribution in [-0.2, 0) is 9.53 Å². The van der Waals surface area contributed by atoms with Crippen molar-refractivity contribution in [3.63, 3.8) is 0 Å². The molecule has 1 rings (SSSR count). The van der Waals surface area contributed by atoms with E-state index in [4.69, 9.17) is 0 Å². The molecule has 0 saturated carbocycles. The Morgan fingerprint density at radius 1 is 1.32 bits per heavy atom. The molecule has 106 valence electrons. The van der Waals surface area contributed by atoms with Crippen molar-refractivity contribution in [2.75, 3.05) is 18.5 Å². The molecule has 0 unspecified atom stereocenters. The molecule has 0 saturated heterocycles. The summed E-state index contributed by atoms with van der Waals surface area (Å²) in [5.41, 5.74) is 2.64. The smallest absolute Gasteiger partial charge is 0.372 e. The van der Waals surface area contributed by atoms with Gasteiger partial charge in [0.05, 0.1) is 13.0 Å². The van der Waals surface area contributed by atoms with Crippen molar-refractivity contribution in [1.82, 2.24) is 0 Å². The van der Waals surface area contributed by atoms with Crippen molar-refractivity contribution in [2.45, 2.75) is 26.4 Å². The van der Waals surface area contributed by atoms with Crippen molar-refractivity contribution < 1.29 is 22.7 Å². The Hall–Kier alpha value is -1.56. The lowest BCUT2D eigenvalue weighted by Crippen LogP contribution is -2.20. The highest BCUT2D eigenvalue weighted by molar-refractivity contribution is 5.91. The highest BCUT2D eigenvalue weighted by Gasteiger charge is 2.27. The van der Waals surface area contributed by atoms with E-state index in [1.807, 2.05) is 26.0 Å². The van der Waals surface area contributed by atoms with Crippen LogP contribution in [0.25, 0.3) is 0 Å². The van der Waals surface area contributed by atoms with Gasteiger partial charge in [-0.05, 0) is 25.5 Å². The standard InChI is InChI=1S/C13H16F3NO2/c1-9-3-4-11(10(2)7-9)17-12(18)5-6-19-8-13(14,15)16/h3-4,7H,5-6,8H2,1-2H3,(H,17,18). The van der Waals surface area contributed by atoms with E-state index in [0.29, 0.717) is 5.69 Å². The van der Waals surface area contributed by atoms with Gasteiger partial charge in [0.25, 0.3) is 0 Å². The van der Waals surface area contributed by atoms with Crippen LogP contribution in [0.1, 0.15) is 17.5 Å². The van der Waals surface area contributed by atoms with Gasteiger partial charge in [0.1, 0.15) is 6.61 Å². The molecule has 6 heteroatoms. The largest absolute Gasteiger partial charge is 0.411 e. The number of carbonyl (C=O) groups excluding carboxylic acids is 1. The average molecular weight is 275 g/mol. The van der Waals surface area contributed by atoms with E-state index in [-0.39, 0.29) is 18.9 Å². The number of carbonyl (C=O) groups is 1. The van der Waals surface area contributed by atoms with Crippen LogP contribution in [0, 0.1) is 13.8 Å². The number of alkyl halides is 3. The molecule has 0 radical (unpaired) electrons. The van der Waals surface area contributed by atoms with Crippen LogP contribution in [0.3, 0.4) is 0 Å². The summed E-state index contributed by atoms with van der Waals surface area (Å²) in [6, 6.07) is 5.53. The second kappa shape index (κ2) is 6.56. The number of amides is 1. The van der Waals surface area contributed by atoms with Crippen molar-refractivity contribution in [1.29, 1.82) is 0 Å². The first-order valence-corrected chi connectivity index (χ1v) is 5.79.